The molecule has 106 valence electrons. The number of carbonyl (C=O) groups is 2. The number of piperazine rings is 1. The summed E-state index contributed by atoms with van der Waals surface area (Å²) in [5.74, 6) is -0.452. The predicted octanol–water partition coefficient (Wildman–Crippen LogP) is 2.37. The van der Waals surface area contributed by atoms with E-state index in [1.165, 1.54) is 0 Å². The van der Waals surface area contributed by atoms with E-state index in [-0.39, 0.29) is 11.8 Å². The van der Waals surface area contributed by atoms with E-state index in [2.05, 4.69) is 10.6 Å². The highest BCUT2D eigenvalue weighted by Gasteiger charge is 2.35. The van der Waals surface area contributed by atoms with E-state index in [0.29, 0.717) is 10.6 Å². The minimum Gasteiger partial charge on any atom is -0.338 e. The number of hydrogen-bond donors (Lipinski definition) is 2. The van der Waals surface area contributed by atoms with Crippen molar-refractivity contribution < 1.29 is 9.59 Å². The van der Waals surface area contributed by atoms with Crippen molar-refractivity contribution in [1.29, 1.82) is 0 Å². The third kappa shape index (κ3) is 2.76. The molecule has 2 atom stereocenters. The molecule has 2 aromatic carbocycles. The summed E-state index contributed by atoms with van der Waals surface area (Å²) < 4.78 is 0. The fourth-order valence-corrected chi connectivity index (χ4v) is 2.48. The van der Waals surface area contributed by atoms with Crippen LogP contribution in [0.2, 0.25) is 5.02 Å². The van der Waals surface area contributed by atoms with E-state index < -0.39 is 12.1 Å². The monoisotopic (exact) mass is 300 g/mol. The molecule has 0 saturated carbocycles. The zero-order valence-electron chi connectivity index (χ0n) is 11.0. The molecule has 1 heterocycles. The minimum atomic E-state index is -0.685. The average Bonchev–Trinajstić information content (AvgIpc) is 2.51. The normalized spacial score (nSPS) is 21.6. The van der Waals surface area contributed by atoms with E-state index >= 15 is 0 Å². The molecule has 1 fully saturated rings. The number of amides is 2. The summed E-state index contributed by atoms with van der Waals surface area (Å²) >= 11 is 5.83. The van der Waals surface area contributed by atoms with Crippen LogP contribution in [0.25, 0.3) is 0 Å². The molecular formula is C16H13ClN2O2. The van der Waals surface area contributed by atoms with Gasteiger partial charge in [-0.3, -0.25) is 9.59 Å². The molecule has 0 spiro atoms. The van der Waals surface area contributed by atoms with E-state index in [4.69, 9.17) is 11.6 Å². The van der Waals surface area contributed by atoms with E-state index in [1.807, 2.05) is 30.3 Å². The van der Waals surface area contributed by atoms with Crippen molar-refractivity contribution in [3.05, 3.63) is 70.7 Å². The lowest BCUT2D eigenvalue weighted by Crippen LogP contribution is -2.52. The number of benzene rings is 2. The van der Waals surface area contributed by atoms with Gasteiger partial charge in [0.25, 0.3) is 0 Å². The quantitative estimate of drug-likeness (QED) is 0.894. The van der Waals surface area contributed by atoms with Crippen LogP contribution >= 0.6 is 11.6 Å². The Morgan fingerprint density at radius 3 is 1.71 bits per heavy atom. The van der Waals surface area contributed by atoms with Gasteiger partial charge in [-0.05, 0) is 23.3 Å². The fourth-order valence-electron chi connectivity index (χ4n) is 2.35. The average molecular weight is 301 g/mol. The topological polar surface area (TPSA) is 58.2 Å². The van der Waals surface area contributed by atoms with Gasteiger partial charge in [0, 0.05) is 5.02 Å². The smallest absolute Gasteiger partial charge is 0.248 e. The zero-order valence-corrected chi connectivity index (χ0v) is 11.8. The van der Waals surface area contributed by atoms with E-state index in [9.17, 15) is 9.59 Å². The van der Waals surface area contributed by atoms with Crippen LogP contribution in [0.5, 0.6) is 0 Å². The van der Waals surface area contributed by atoms with Crippen molar-refractivity contribution in [2.75, 3.05) is 0 Å². The lowest BCUT2D eigenvalue weighted by molar-refractivity contribution is -0.137. The third-order valence-corrected chi connectivity index (χ3v) is 3.69. The standard InChI is InChI=1S/C16H13ClN2O2/c17-12-8-6-11(7-9-12)14-16(21)18-13(15(20)19-14)10-4-2-1-3-5-10/h1-9,13-14H,(H,18,21)(H,19,20). The van der Waals surface area contributed by atoms with Crippen LogP contribution in [-0.4, -0.2) is 11.8 Å². The summed E-state index contributed by atoms with van der Waals surface area (Å²) in [5, 5.41) is 6.10. The van der Waals surface area contributed by atoms with Gasteiger partial charge in [0.15, 0.2) is 0 Å². The minimum absolute atomic E-state index is 0.222. The molecule has 5 heteroatoms. The van der Waals surface area contributed by atoms with Gasteiger partial charge in [-0.2, -0.15) is 0 Å². The van der Waals surface area contributed by atoms with Crippen LogP contribution in [-0.2, 0) is 9.59 Å². The van der Waals surface area contributed by atoms with Crippen LogP contribution in [0.15, 0.2) is 54.6 Å². The maximum Gasteiger partial charge on any atom is 0.248 e. The third-order valence-electron chi connectivity index (χ3n) is 3.43. The van der Waals surface area contributed by atoms with Gasteiger partial charge in [-0.25, -0.2) is 0 Å². The summed E-state index contributed by atoms with van der Waals surface area (Å²) in [6.07, 6.45) is 0. The van der Waals surface area contributed by atoms with E-state index in [0.717, 1.165) is 5.56 Å². The van der Waals surface area contributed by atoms with Gasteiger partial charge >= 0.3 is 0 Å². The van der Waals surface area contributed by atoms with Crippen molar-refractivity contribution in [2.45, 2.75) is 12.1 Å². The lowest BCUT2D eigenvalue weighted by Gasteiger charge is -2.30. The van der Waals surface area contributed by atoms with Gasteiger partial charge in [-0.1, -0.05) is 54.1 Å². The van der Waals surface area contributed by atoms with Gasteiger partial charge < -0.3 is 10.6 Å². The summed E-state index contributed by atoms with van der Waals surface area (Å²) in [7, 11) is 0. The fraction of sp³-hybridized carbons (Fsp3) is 0.125. The molecule has 4 nitrogen and oxygen atoms in total. The van der Waals surface area contributed by atoms with E-state index in [1.54, 1.807) is 24.3 Å². The summed E-state index contributed by atoms with van der Waals surface area (Å²) in [4.78, 5) is 24.5. The molecule has 2 unspecified atom stereocenters. The Morgan fingerprint density at radius 1 is 0.714 bits per heavy atom. The van der Waals surface area contributed by atoms with Crippen molar-refractivity contribution in [3.63, 3.8) is 0 Å². The number of rotatable bonds is 2. The van der Waals surface area contributed by atoms with Crippen LogP contribution < -0.4 is 10.6 Å². The molecule has 0 aromatic heterocycles. The molecule has 2 aromatic rings. The highest BCUT2D eigenvalue weighted by molar-refractivity contribution is 6.30. The molecule has 1 aliphatic heterocycles. The highest BCUT2D eigenvalue weighted by atomic mass is 35.5. The van der Waals surface area contributed by atoms with Crippen LogP contribution in [0, 0.1) is 0 Å². The number of halogens is 1. The Balaban J connectivity index is 1.83. The molecule has 0 bridgehead atoms. The summed E-state index contributed by atoms with van der Waals surface area (Å²) in [6, 6.07) is 14.7. The second-order valence-electron chi connectivity index (χ2n) is 4.85. The Bertz CT molecular complexity index is 670. The van der Waals surface area contributed by atoms with Crippen LogP contribution in [0.1, 0.15) is 23.2 Å². The second-order valence-corrected chi connectivity index (χ2v) is 5.28. The molecule has 1 saturated heterocycles. The Labute approximate surface area is 127 Å². The molecule has 0 aliphatic carbocycles. The molecule has 1 aliphatic rings. The van der Waals surface area contributed by atoms with Crippen molar-refractivity contribution in [2.24, 2.45) is 0 Å². The van der Waals surface area contributed by atoms with Crippen molar-refractivity contribution in [1.82, 2.24) is 10.6 Å². The number of hydrogen-bond acceptors (Lipinski definition) is 2. The molecule has 3 rings (SSSR count). The summed E-state index contributed by atoms with van der Waals surface area (Å²) in [5.41, 5.74) is 1.47. The molecule has 21 heavy (non-hydrogen) atoms. The maximum atomic E-state index is 12.3. The van der Waals surface area contributed by atoms with Gasteiger partial charge in [-0.15, -0.1) is 0 Å². The number of nitrogens with one attached hydrogen (secondary N) is 2. The first-order chi connectivity index (χ1) is 10.1. The first kappa shape index (κ1) is 13.6. The SMILES string of the molecule is O=C1NC(c2ccc(Cl)cc2)C(=O)NC1c1ccccc1. The molecule has 2 amide bonds. The van der Waals surface area contributed by atoms with Gasteiger partial charge in [0.05, 0.1) is 0 Å². The van der Waals surface area contributed by atoms with Crippen molar-refractivity contribution in [3.8, 4) is 0 Å². The molecular weight excluding hydrogens is 288 g/mol. The van der Waals surface area contributed by atoms with Crippen LogP contribution in [0.4, 0.5) is 0 Å². The van der Waals surface area contributed by atoms with Gasteiger partial charge in [0.1, 0.15) is 12.1 Å². The second kappa shape index (κ2) is 5.58. The summed E-state index contributed by atoms with van der Waals surface area (Å²) in [6.45, 7) is 0. The van der Waals surface area contributed by atoms with Gasteiger partial charge in [0.2, 0.25) is 11.8 Å². The first-order valence-corrected chi connectivity index (χ1v) is 6.94. The van der Waals surface area contributed by atoms with Crippen molar-refractivity contribution >= 4 is 23.4 Å². The Kier molecular flexibility index (Phi) is 3.62. The molecule has 0 radical (unpaired) electrons. The molecule has 2 N–H and O–H groups in total. The maximum absolute atomic E-state index is 12.3. The Morgan fingerprint density at radius 2 is 1.19 bits per heavy atom. The largest absolute Gasteiger partial charge is 0.338 e. The van der Waals surface area contributed by atoms with Crippen LogP contribution in [0.3, 0.4) is 0 Å². The first-order valence-electron chi connectivity index (χ1n) is 6.56. The zero-order chi connectivity index (χ0) is 14.8. The lowest BCUT2D eigenvalue weighted by atomic mass is 9.98. The number of carbonyl (C=O) groups excluding carboxylic acids is 2. The predicted molar refractivity (Wildman–Crippen MR) is 79.7 cm³/mol. The highest BCUT2D eigenvalue weighted by Crippen LogP contribution is 2.23. The Hall–Kier alpha value is -2.33.